The van der Waals surface area contributed by atoms with E-state index in [1.54, 1.807) is 0 Å². The predicted molar refractivity (Wildman–Crippen MR) is 226 cm³/mol. The van der Waals surface area contributed by atoms with Gasteiger partial charge in [0.05, 0.1) is 13.2 Å². The number of hydrogen-bond donors (Lipinski definition) is 3. The molecule has 0 aliphatic heterocycles. The van der Waals surface area contributed by atoms with Gasteiger partial charge in [-0.3, -0.25) is 23.4 Å². The molecule has 3 unspecified atom stereocenters. The summed E-state index contributed by atoms with van der Waals surface area (Å²) < 4.78 is 32.7. The number of rotatable bonds is 42. The van der Waals surface area contributed by atoms with E-state index in [1.807, 2.05) is 0 Å². The molecule has 0 aromatic carbocycles. The quantitative estimate of drug-likeness (QED) is 0.0232. The standard InChI is InChI=1S/C44H82NO10P/c1-3-5-7-9-11-13-15-17-19-20-22-23-25-27-29-31-33-35-42(46)52-37-40(38-53-56(50,51)54-39-41(45)44(48)49)55-43(47)36-34-32-30-28-26-24-21-18-16-14-12-10-8-6-4-2/h12,14,18,21,40-41H,3-11,13,15-17,19-20,22-39,45H2,1-2H3,(H,48,49)(H,50,51)/b14-12-,21-18-. The van der Waals surface area contributed by atoms with Crippen molar-refractivity contribution in [2.45, 2.75) is 219 Å². The second-order valence-electron chi connectivity index (χ2n) is 15.2. The van der Waals surface area contributed by atoms with Crippen LogP contribution < -0.4 is 5.73 Å². The fraction of sp³-hybridized carbons (Fsp3) is 0.841. The smallest absolute Gasteiger partial charge is 0.472 e. The van der Waals surface area contributed by atoms with Crippen molar-refractivity contribution >= 4 is 25.7 Å². The van der Waals surface area contributed by atoms with E-state index in [1.165, 1.54) is 103 Å². The Morgan fingerprint density at radius 1 is 0.554 bits per heavy atom. The Bertz CT molecular complexity index is 1050. The highest BCUT2D eigenvalue weighted by molar-refractivity contribution is 7.47. The molecule has 56 heavy (non-hydrogen) atoms. The summed E-state index contributed by atoms with van der Waals surface area (Å²) in [5.74, 6) is -2.39. The lowest BCUT2D eigenvalue weighted by Gasteiger charge is -2.20. The van der Waals surface area contributed by atoms with Crippen LogP contribution in [0.5, 0.6) is 0 Å². The number of esters is 2. The zero-order valence-corrected chi connectivity index (χ0v) is 36.4. The molecule has 3 atom stereocenters. The first-order valence-electron chi connectivity index (χ1n) is 22.4. The van der Waals surface area contributed by atoms with Crippen molar-refractivity contribution in [3.05, 3.63) is 24.3 Å². The molecule has 0 saturated heterocycles. The average Bonchev–Trinajstić information content (AvgIpc) is 3.17. The summed E-state index contributed by atoms with van der Waals surface area (Å²) in [7, 11) is -4.72. The molecular formula is C44H82NO10P. The summed E-state index contributed by atoms with van der Waals surface area (Å²) in [5, 5.41) is 8.89. The van der Waals surface area contributed by atoms with E-state index >= 15 is 0 Å². The molecule has 0 aromatic rings. The second kappa shape index (κ2) is 39.8. The molecule has 0 aromatic heterocycles. The maximum absolute atomic E-state index is 12.6. The van der Waals surface area contributed by atoms with Gasteiger partial charge < -0.3 is 25.2 Å². The van der Waals surface area contributed by atoms with Gasteiger partial charge >= 0.3 is 25.7 Å². The van der Waals surface area contributed by atoms with Crippen LogP contribution in [0.25, 0.3) is 0 Å². The maximum Gasteiger partial charge on any atom is 0.472 e. The van der Waals surface area contributed by atoms with Gasteiger partial charge in [0.2, 0.25) is 0 Å². The highest BCUT2D eigenvalue weighted by atomic mass is 31.2. The van der Waals surface area contributed by atoms with E-state index in [0.717, 1.165) is 64.2 Å². The molecule has 0 aliphatic rings. The number of hydrogen-bond acceptors (Lipinski definition) is 9. The third-order valence-corrected chi connectivity index (χ3v) is 10.7. The molecule has 328 valence electrons. The molecule has 12 heteroatoms. The van der Waals surface area contributed by atoms with Crippen molar-refractivity contribution in [1.29, 1.82) is 0 Å². The van der Waals surface area contributed by atoms with Gasteiger partial charge in [0.1, 0.15) is 12.6 Å². The van der Waals surface area contributed by atoms with Crippen LogP contribution in [0.15, 0.2) is 24.3 Å². The summed E-state index contributed by atoms with van der Waals surface area (Å²) >= 11 is 0. The lowest BCUT2D eigenvalue weighted by molar-refractivity contribution is -0.161. The van der Waals surface area contributed by atoms with Gasteiger partial charge in [-0.25, -0.2) is 4.57 Å². The number of ether oxygens (including phenoxy) is 2. The second-order valence-corrected chi connectivity index (χ2v) is 16.6. The minimum atomic E-state index is -4.72. The molecule has 4 N–H and O–H groups in total. The lowest BCUT2D eigenvalue weighted by Crippen LogP contribution is -2.34. The van der Waals surface area contributed by atoms with E-state index in [9.17, 15) is 23.8 Å². The number of unbranched alkanes of at least 4 members (excludes halogenated alkanes) is 24. The van der Waals surface area contributed by atoms with Crippen molar-refractivity contribution in [1.82, 2.24) is 0 Å². The normalized spacial score (nSPS) is 13.9. The first-order chi connectivity index (χ1) is 27.1. The number of phosphoric acid groups is 1. The van der Waals surface area contributed by atoms with Crippen molar-refractivity contribution in [3.63, 3.8) is 0 Å². The fourth-order valence-corrected chi connectivity index (χ4v) is 6.93. The summed E-state index contributed by atoms with van der Waals surface area (Å²) in [6.45, 7) is 2.78. The SMILES string of the molecule is CCCCC/C=C\C/C=C\CCCCCCCC(=O)OC(COC(=O)CCCCCCCCCCCCCCCCCCC)COP(=O)(O)OCC(N)C(=O)O. The summed E-state index contributed by atoms with van der Waals surface area (Å²) in [6, 6.07) is -1.52. The predicted octanol–water partition coefficient (Wildman–Crippen LogP) is 11.8. The van der Waals surface area contributed by atoms with Gasteiger partial charge in [-0.15, -0.1) is 0 Å². The zero-order valence-electron chi connectivity index (χ0n) is 35.5. The third kappa shape index (κ3) is 38.8. The molecule has 0 rings (SSSR count). The van der Waals surface area contributed by atoms with E-state index in [-0.39, 0.29) is 19.4 Å². The Morgan fingerprint density at radius 2 is 0.946 bits per heavy atom. The van der Waals surface area contributed by atoms with Gasteiger partial charge in [-0.2, -0.15) is 0 Å². The minimum absolute atomic E-state index is 0.148. The number of nitrogens with two attached hydrogens (primary N) is 1. The van der Waals surface area contributed by atoms with Crippen molar-refractivity contribution in [2.75, 3.05) is 19.8 Å². The number of aliphatic carboxylic acids is 1. The van der Waals surface area contributed by atoms with Crippen LogP contribution in [-0.4, -0.2) is 59.9 Å². The Kier molecular flexibility index (Phi) is 38.3. The van der Waals surface area contributed by atoms with Crippen LogP contribution in [0, 0.1) is 0 Å². The van der Waals surface area contributed by atoms with Crippen LogP contribution in [0.2, 0.25) is 0 Å². The summed E-state index contributed by atoms with van der Waals surface area (Å²) in [6.07, 6.45) is 40.9. The summed E-state index contributed by atoms with van der Waals surface area (Å²) in [4.78, 5) is 46.0. The largest absolute Gasteiger partial charge is 0.480 e. The molecular weight excluding hydrogens is 733 g/mol. The Hall–Kier alpha value is -2.04. The van der Waals surface area contributed by atoms with Crippen LogP contribution in [0.1, 0.15) is 206 Å². The number of carboxylic acids is 1. The topological polar surface area (TPSA) is 172 Å². The van der Waals surface area contributed by atoms with Gasteiger partial charge in [0.15, 0.2) is 6.10 Å². The van der Waals surface area contributed by atoms with Crippen LogP contribution in [-0.2, 0) is 37.5 Å². The maximum atomic E-state index is 12.6. The molecule has 0 radical (unpaired) electrons. The highest BCUT2D eigenvalue weighted by Gasteiger charge is 2.28. The lowest BCUT2D eigenvalue weighted by atomic mass is 10.0. The Labute approximate surface area is 340 Å². The van der Waals surface area contributed by atoms with Gasteiger partial charge in [-0.05, 0) is 44.9 Å². The van der Waals surface area contributed by atoms with E-state index in [4.69, 9.17) is 24.8 Å². The molecule has 0 fully saturated rings. The average molecular weight is 816 g/mol. The zero-order chi connectivity index (χ0) is 41.4. The number of carboxylic acid groups (broad SMARTS) is 1. The van der Waals surface area contributed by atoms with Gasteiger partial charge in [0, 0.05) is 12.8 Å². The minimum Gasteiger partial charge on any atom is -0.480 e. The first-order valence-corrected chi connectivity index (χ1v) is 23.9. The monoisotopic (exact) mass is 816 g/mol. The van der Waals surface area contributed by atoms with Crippen LogP contribution >= 0.6 is 7.82 Å². The fourth-order valence-electron chi connectivity index (χ4n) is 6.15. The first kappa shape index (κ1) is 54.0. The Balaban J connectivity index is 4.34. The van der Waals surface area contributed by atoms with E-state index in [0.29, 0.717) is 12.8 Å². The van der Waals surface area contributed by atoms with Crippen molar-refractivity contribution in [2.24, 2.45) is 5.73 Å². The molecule has 11 nitrogen and oxygen atoms in total. The molecule has 0 aliphatic carbocycles. The van der Waals surface area contributed by atoms with Gasteiger partial charge in [0.25, 0.3) is 0 Å². The third-order valence-electron chi connectivity index (χ3n) is 9.70. The summed E-state index contributed by atoms with van der Waals surface area (Å²) in [5.41, 5.74) is 5.33. The van der Waals surface area contributed by atoms with Crippen molar-refractivity contribution in [3.8, 4) is 0 Å². The van der Waals surface area contributed by atoms with Crippen LogP contribution in [0.4, 0.5) is 0 Å². The molecule has 0 spiro atoms. The molecule has 0 saturated carbocycles. The number of carbonyl (C=O) groups excluding carboxylic acids is 2. The number of carbonyl (C=O) groups is 3. The van der Waals surface area contributed by atoms with E-state index < -0.39 is 51.1 Å². The Morgan fingerprint density at radius 3 is 1.43 bits per heavy atom. The highest BCUT2D eigenvalue weighted by Crippen LogP contribution is 2.43. The molecule has 0 heterocycles. The van der Waals surface area contributed by atoms with Crippen LogP contribution in [0.3, 0.4) is 0 Å². The number of phosphoric ester groups is 1. The number of allylic oxidation sites excluding steroid dienone is 4. The van der Waals surface area contributed by atoms with E-state index in [2.05, 4.69) is 42.7 Å². The molecule has 0 amide bonds. The van der Waals surface area contributed by atoms with Gasteiger partial charge in [-0.1, -0.05) is 173 Å². The van der Waals surface area contributed by atoms with Crippen molar-refractivity contribution < 1.29 is 47.5 Å². The molecule has 0 bridgehead atoms.